The molecule has 0 saturated carbocycles. The van der Waals surface area contributed by atoms with Gasteiger partial charge in [0.2, 0.25) is 0 Å². The van der Waals surface area contributed by atoms with Crippen molar-refractivity contribution < 1.29 is 17.9 Å². The van der Waals surface area contributed by atoms with Gasteiger partial charge in [-0.15, -0.1) is 0 Å². The minimum Gasteiger partial charge on any atom is -0.497 e. The van der Waals surface area contributed by atoms with E-state index in [4.69, 9.17) is 9.47 Å². The van der Waals surface area contributed by atoms with Crippen LogP contribution in [0.2, 0.25) is 0 Å². The second-order valence-electron chi connectivity index (χ2n) is 4.58. The molecule has 1 aliphatic rings. The van der Waals surface area contributed by atoms with Crippen molar-refractivity contribution in [3.63, 3.8) is 0 Å². The molecule has 7 heteroatoms. The Balaban J connectivity index is 2.06. The van der Waals surface area contributed by atoms with E-state index in [1.54, 1.807) is 43.5 Å². The van der Waals surface area contributed by atoms with E-state index in [2.05, 4.69) is 4.99 Å². The van der Waals surface area contributed by atoms with E-state index in [9.17, 15) is 8.42 Å². The van der Waals surface area contributed by atoms with Crippen LogP contribution in [0.25, 0.3) is 0 Å². The van der Waals surface area contributed by atoms with Crippen LogP contribution in [0.4, 0.5) is 11.4 Å². The summed E-state index contributed by atoms with van der Waals surface area (Å²) in [5.41, 5.74) is 0.857. The Morgan fingerprint density at radius 3 is 2.23 bits per heavy atom. The van der Waals surface area contributed by atoms with Gasteiger partial charge in [-0.05, 0) is 36.4 Å². The molecule has 6 nitrogen and oxygen atoms in total. The summed E-state index contributed by atoms with van der Waals surface area (Å²) >= 11 is 0. The van der Waals surface area contributed by atoms with Gasteiger partial charge in [0, 0.05) is 6.07 Å². The molecule has 22 heavy (non-hydrogen) atoms. The summed E-state index contributed by atoms with van der Waals surface area (Å²) in [7, 11) is -0.619. The van der Waals surface area contributed by atoms with E-state index in [0.29, 0.717) is 22.9 Å². The Kier molecular flexibility index (Phi) is 3.50. The van der Waals surface area contributed by atoms with Crippen molar-refractivity contribution in [1.82, 2.24) is 0 Å². The number of benzene rings is 2. The Bertz CT molecular complexity index is 829. The molecular weight excluding hydrogens is 304 g/mol. The van der Waals surface area contributed by atoms with Crippen LogP contribution in [0, 0.1) is 0 Å². The van der Waals surface area contributed by atoms with Gasteiger partial charge in [-0.2, -0.15) is 0 Å². The molecule has 0 unspecified atom stereocenters. The zero-order valence-corrected chi connectivity index (χ0v) is 12.9. The number of nitrogens with zero attached hydrogens (tertiary/aromatic N) is 2. The van der Waals surface area contributed by atoms with Crippen molar-refractivity contribution in [2.75, 3.05) is 18.5 Å². The fourth-order valence-corrected chi connectivity index (χ4v) is 3.56. The average Bonchev–Trinajstić information content (AvgIpc) is 2.54. The Morgan fingerprint density at radius 1 is 0.955 bits per heavy atom. The molecule has 114 valence electrons. The smallest absolute Gasteiger partial charge is 0.271 e. The molecule has 0 aliphatic carbocycles. The van der Waals surface area contributed by atoms with Crippen LogP contribution in [0.5, 0.6) is 11.5 Å². The van der Waals surface area contributed by atoms with Gasteiger partial charge < -0.3 is 9.47 Å². The van der Waals surface area contributed by atoms with E-state index in [1.807, 2.05) is 0 Å². The van der Waals surface area contributed by atoms with Crippen molar-refractivity contribution in [2.45, 2.75) is 4.90 Å². The Labute approximate surface area is 128 Å². The van der Waals surface area contributed by atoms with Gasteiger partial charge in [0.05, 0.1) is 25.6 Å². The highest BCUT2D eigenvalue weighted by atomic mass is 32.2. The minimum atomic E-state index is -3.69. The van der Waals surface area contributed by atoms with Crippen LogP contribution in [0.15, 0.2) is 52.4 Å². The second kappa shape index (κ2) is 5.34. The molecule has 0 bridgehead atoms. The molecular formula is C15H14N2O4S. The monoisotopic (exact) mass is 318 g/mol. The summed E-state index contributed by atoms with van der Waals surface area (Å²) < 4.78 is 36.7. The normalized spacial score (nSPS) is 15.3. The van der Waals surface area contributed by atoms with Crippen LogP contribution in [0.1, 0.15) is 0 Å². The quantitative estimate of drug-likeness (QED) is 0.872. The molecule has 2 aromatic carbocycles. The number of sulfonamides is 1. The number of fused-ring (bicyclic) bond motifs is 1. The predicted octanol–water partition coefficient (Wildman–Crippen LogP) is 2.57. The Hall–Kier alpha value is -2.54. The lowest BCUT2D eigenvalue weighted by Crippen LogP contribution is -2.31. The van der Waals surface area contributed by atoms with E-state index in [1.165, 1.54) is 19.5 Å². The van der Waals surface area contributed by atoms with E-state index in [0.717, 1.165) is 4.31 Å². The van der Waals surface area contributed by atoms with Crippen molar-refractivity contribution >= 4 is 27.7 Å². The fraction of sp³-hybridized carbons (Fsp3) is 0.133. The van der Waals surface area contributed by atoms with E-state index < -0.39 is 10.0 Å². The zero-order chi connectivity index (χ0) is 15.7. The van der Waals surface area contributed by atoms with E-state index >= 15 is 0 Å². The molecule has 0 aromatic heterocycles. The molecule has 2 aromatic rings. The molecule has 0 fully saturated rings. The highest BCUT2D eigenvalue weighted by molar-refractivity contribution is 7.93. The van der Waals surface area contributed by atoms with Crippen molar-refractivity contribution in [1.29, 1.82) is 0 Å². The third-order valence-electron chi connectivity index (χ3n) is 3.33. The standard InChI is InChI=1S/C15H14N2O4S/c1-20-12-5-3-11(4-6-12)17-10-16-14-9-13(21-2)7-8-15(14)22(17,18)19/h3-10H,1-2H3. The molecule has 0 amide bonds. The lowest BCUT2D eigenvalue weighted by Gasteiger charge is -2.24. The summed E-state index contributed by atoms with van der Waals surface area (Å²) in [5.74, 6) is 1.21. The summed E-state index contributed by atoms with van der Waals surface area (Å²) in [5, 5.41) is 0. The van der Waals surface area contributed by atoms with Gasteiger partial charge in [0.1, 0.15) is 22.7 Å². The first kappa shape index (κ1) is 14.4. The maximum atomic E-state index is 12.7. The molecule has 0 spiro atoms. The van der Waals surface area contributed by atoms with Gasteiger partial charge in [-0.1, -0.05) is 0 Å². The van der Waals surface area contributed by atoms with Gasteiger partial charge in [0.15, 0.2) is 0 Å². The first-order valence-electron chi connectivity index (χ1n) is 6.47. The van der Waals surface area contributed by atoms with E-state index in [-0.39, 0.29) is 4.90 Å². The summed E-state index contributed by atoms with van der Waals surface area (Å²) in [6.07, 6.45) is 1.29. The first-order valence-corrected chi connectivity index (χ1v) is 7.91. The number of anilines is 1. The lowest BCUT2D eigenvalue weighted by atomic mass is 10.3. The molecule has 1 aliphatic heterocycles. The van der Waals surface area contributed by atoms with Crippen molar-refractivity contribution in [3.8, 4) is 11.5 Å². The summed E-state index contributed by atoms with van der Waals surface area (Å²) in [6.45, 7) is 0. The number of rotatable bonds is 3. The number of hydrogen-bond acceptors (Lipinski definition) is 5. The zero-order valence-electron chi connectivity index (χ0n) is 12.1. The molecule has 0 radical (unpaired) electrons. The maximum Gasteiger partial charge on any atom is 0.271 e. The highest BCUT2D eigenvalue weighted by Crippen LogP contribution is 2.35. The SMILES string of the molecule is COc1ccc(N2C=Nc3cc(OC)ccc3S2(=O)=O)cc1. The number of aliphatic imine (C=N–C) groups is 1. The molecule has 3 rings (SSSR count). The minimum absolute atomic E-state index is 0.145. The van der Waals surface area contributed by atoms with Gasteiger partial charge >= 0.3 is 0 Å². The van der Waals surface area contributed by atoms with Crippen molar-refractivity contribution in [2.24, 2.45) is 4.99 Å². The highest BCUT2D eigenvalue weighted by Gasteiger charge is 2.30. The van der Waals surface area contributed by atoms with Crippen molar-refractivity contribution in [3.05, 3.63) is 42.5 Å². The number of hydrogen-bond donors (Lipinski definition) is 0. The summed E-state index contributed by atoms with van der Waals surface area (Å²) in [4.78, 5) is 4.35. The average molecular weight is 318 g/mol. The largest absolute Gasteiger partial charge is 0.497 e. The molecule has 1 heterocycles. The van der Waals surface area contributed by atoms with Gasteiger partial charge in [-0.25, -0.2) is 17.7 Å². The van der Waals surface area contributed by atoms with Crippen LogP contribution in [-0.4, -0.2) is 29.0 Å². The van der Waals surface area contributed by atoms with Gasteiger partial charge in [0.25, 0.3) is 10.0 Å². The molecule has 0 saturated heterocycles. The Morgan fingerprint density at radius 2 is 1.59 bits per heavy atom. The predicted molar refractivity (Wildman–Crippen MR) is 83.8 cm³/mol. The maximum absolute atomic E-state index is 12.7. The second-order valence-corrected chi connectivity index (χ2v) is 6.36. The topological polar surface area (TPSA) is 68.2 Å². The van der Waals surface area contributed by atoms with Crippen LogP contribution >= 0.6 is 0 Å². The third-order valence-corrected chi connectivity index (χ3v) is 5.06. The first-order chi connectivity index (χ1) is 10.6. The lowest BCUT2D eigenvalue weighted by molar-refractivity contribution is 0.414. The van der Waals surface area contributed by atoms with Crippen LogP contribution in [0.3, 0.4) is 0 Å². The summed E-state index contributed by atoms with van der Waals surface area (Å²) in [6, 6.07) is 11.4. The van der Waals surface area contributed by atoms with Crippen LogP contribution in [-0.2, 0) is 10.0 Å². The van der Waals surface area contributed by atoms with Crippen LogP contribution < -0.4 is 13.8 Å². The molecule has 0 N–H and O–H groups in total. The fourth-order valence-electron chi connectivity index (χ4n) is 2.16. The molecule has 0 atom stereocenters. The van der Waals surface area contributed by atoms with Gasteiger partial charge in [-0.3, -0.25) is 0 Å². The number of methoxy groups -OCH3 is 2. The third kappa shape index (κ3) is 2.29. The number of ether oxygens (including phenoxy) is 2.